The van der Waals surface area contributed by atoms with Crippen LogP contribution in [0.15, 0.2) is 59.1 Å². The molecule has 0 aliphatic heterocycles. The Kier molecular flexibility index (Phi) is 4.80. The maximum absolute atomic E-state index is 12.2. The van der Waals surface area contributed by atoms with Crippen molar-refractivity contribution in [1.29, 1.82) is 0 Å². The molecule has 0 spiro atoms. The van der Waals surface area contributed by atoms with E-state index in [1.54, 1.807) is 6.07 Å². The number of carbonyl (C=O) groups is 1. The number of benzene rings is 3. The number of nitrogens with zero attached hydrogens (tertiary/aromatic N) is 1. The lowest BCUT2D eigenvalue weighted by molar-refractivity contribution is -0.118. The van der Waals surface area contributed by atoms with Gasteiger partial charge in [0.2, 0.25) is 0 Å². The van der Waals surface area contributed by atoms with Crippen LogP contribution in [0.2, 0.25) is 5.02 Å². The van der Waals surface area contributed by atoms with Gasteiger partial charge in [-0.15, -0.1) is 0 Å². The van der Waals surface area contributed by atoms with E-state index in [0.717, 1.165) is 25.5 Å². The van der Waals surface area contributed by atoms with Crippen molar-refractivity contribution in [3.63, 3.8) is 0 Å². The van der Waals surface area contributed by atoms with Gasteiger partial charge in [-0.1, -0.05) is 53.3 Å². The molecule has 0 unspecified atom stereocenters. The molecule has 1 amide bonds. The summed E-state index contributed by atoms with van der Waals surface area (Å²) in [6.07, 6.45) is 0. The van der Waals surface area contributed by atoms with E-state index in [4.69, 9.17) is 16.3 Å². The van der Waals surface area contributed by atoms with Gasteiger partial charge in [0, 0.05) is 5.02 Å². The fourth-order valence-corrected chi connectivity index (χ4v) is 4.34. The molecule has 1 heterocycles. The number of fused-ring (bicyclic) bond motifs is 2. The summed E-state index contributed by atoms with van der Waals surface area (Å²) in [6, 6.07) is 17.2. The quantitative estimate of drug-likeness (QED) is 0.425. The van der Waals surface area contributed by atoms with Crippen LogP contribution in [0.5, 0.6) is 5.75 Å². The Balaban J connectivity index is 1.45. The molecule has 0 bridgehead atoms. The highest BCUT2D eigenvalue weighted by atomic mass is 79.9. The number of ether oxygens (including phenoxy) is 1. The van der Waals surface area contributed by atoms with Crippen molar-refractivity contribution in [3.8, 4) is 5.75 Å². The van der Waals surface area contributed by atoms with Crippen LogP contribution in [-0.2, 0) is 4.79 Å². The first-order chi connectivity index (χ1) is 12.6. The molecule has 0 atom stereocenters. The highest BCUT2D eigenvalue weighted by molar-refractivity contribution is 9.10. The van der Waals surface area contributed by atoms with Gasteiger partial charge in [-0.3, -0.25) is 10.1 Å². The number of amides is 1. The Labute approximate surface area is 166 Å². The molecule has 0 saturated heterocycles. The monoisotopic (exact) mass is 446 g/mol. The fourth-order valence-electron chi connectivity index (χ4n) is 2.58. The van der Waals surface area contributed by atoms with Gasteiger partial charge in [-0.05, 0) is 51.0 Å². The molecule has 3 aromatic carbocycles. The van der Waals surface area contributed by atoms with Gasteiger partial charge in [0.05, 0.1) is 14.7 Å². The zero-order chi connectivity index (χ0) is 18.1. The Morgan fingerprint density at radius 1 is 1.19 bits per heavy atom. The molecular weight excluding hydrogens is 436 g/mol. The van der Waals surface area contributed by atoms with Crippen molar-refractivity contribution >= 4 is 70.9 Å². The van der Waals surface area contributed by atoms with Crippen LogP contribution < -0.4 is 10.1 Å². The first-order valence-corrected chi connectivity index (χ1v) is 9.75. The van der Waals surface area contributed by atoms with Crippen molar-refractivity contribution in [3.05, 3.63) is 64.1 Å². The molecule has 130 valence electrons. The van der Waals surface area contributed by atoms with Crippen molar-refractivity contribution < 1.29 is 9.53 Å². The molecular formula is C19H12BrClN2O2S. The van der Waals surface area contributed by atoms with Crippen LogP contribution >= 0.6 is 38.9 Å². The third-order valence-corrected chi connectivity index (χ3v) is 5.77. The molecule has 1 N–H and O–H groups in total. The first-order valence-electron chi connectivity index (χ1n) is 7.76. The molecule has 0 radical (unpaired) electrons. The molecule has 0 saturated carbocycles. The van der Waals surface area contributed by atoms with Crippen molar-refractivity contribution in [2.45, 2.75) is 0 Å². The summed E-state index contributed by atoms with van der Waals surface area (Å²) >= 11 is 10.9. The van der Waals surface area contributed by atoms with E-state index < -0.39 is 0 Å². The summed E-state index contributed by atoms with van der Waals surface area (Å²) in [5, 5.41) is 6.06. The summed E-state index contributed by atoms with van der Waals surface area (Å²) in [6.45, 7) is -0.104. The number of hydrogen-bond acceptors (Lipinski definition) is 4. The summed E-state index contributed by atoms with van der Waals surface area (Å²) in [5.74, 6) is 0.352. The Hall–Kier alpha value is -2.15. The lowest BCUT2D eigenvalue weighted by Gasteiger charge is -2.10. The van der Waals surface area contributed by atoms with Crippen LogP contribution in [0.1, 0.15) is 0 Å². The van der Waals surface area contributed by atoms with Crippen LogP contribution in [-0.4, -0.2) is 17.5 Å². The summed E-state index contributed by atoms with van der Waals surface area (Å²) in [7, 11) is 0. The number of aromatic nitrogens is 1. The predicted molar refractivity (Wildman–Crippen MR) is 110 cm³/mol. The molecule has 4 nitrogen and oxygen atoms in total. The number of anilines is 1. The number of rotatable bonds is 4. The van der Waals surface area contributed by atoms with Crippen LogP contribution in [0.25, 0.3) is 21.0 Å². The summed E-state index contributed by atoms with van der Waals surface area (Å²) in [5.41, 5.74) is 0.799. The van der Waals surface area contributed by atoms with Crippen molar-refractivity contribution in [1.82, 2.24) is 4.98 Å². The number of hydrogen-bond donors (Lipinski definition) is 1. The van der Waals surface area contributed by atoms with Crippen molar-refractivity contribution in [2.24, 2.45) is 0 Å². The normalized spacial score (nSPS) is 11.0. The standard InChI is InChI=1S/C19H12BrClN2O2S/c20-18-13-4-2-1-3-11(13)5-8-15(18)25-10-17(24)23-19-22-14-7-6-12(21)9-16(14)26-19/h1-9H,10H2,(H,22,23,24). The minimum atomic E-state index is -0.268. The third-order valence-electron chi connectivity index (χ3n) is 3.78. The van der Waals surface area contributed by atoms with Crippen LogP contribution in [0.4, 0.5) is 5.13 Å². The lowest BCUT2D eigenvalue weighted by atomic mass is 10.1. The van der Waals surface area contributed by atoms with Crippen molar-refractivity contribution in [2.75, 3.05) is 11.9 Å². The molecule has 7 heteroatoms. The minimum absolute atomic E-state index is 0.104. The van der Waals surface area contributed by atoms with Gasteiger partial charge in [-0.25, -0.2) is 4.98 Å². The SMILES string of the molecule is O=C(COc1ccc2ccccc2c1Br)Nc1nc2ccc(Cl)cc2s1. The van der Waals surface area contributed by atoms with E-state index in [1.165, 1.54) is 11.3 Å². The highest BCUT2D eigenvalue weighted by Gasteiger charge is 2.11. The van der Waals surface area contributed by atoms with E-state index in [9.17, 15) is 4.79 Å². The number of halogens is 2. The second-order valence-corrected chi connectivity index (χ2v) is 7.83. The maximum atomic E-state index is 12.2. The zero-order valence-corrected chi connectivity index (χ0v) is 16.5. The van der Waals surface area contributed by atoms with Gasteiger partial charge < -0.3 is 4.74 Å². The van der Waals surface area contributed by atoms with Gasteiger partial charge in [0.15, 0.2) is 11.7 Å². The predicted octanol–water partition coefficient (Wildman–Crippen LogP) is 5.88. The molecule has 0 fully saturated rings. The van der Waals surface area contributed by atoms with Gasteiger partial charge in [0.25, 0.3) is 5.91 Å². The largest absolute Gasteiger partial charge is 0.483 e. The zero-order valence-electron chi connectivity index (χ0n) is 13.3. The van der Waals surface area contributed by atoms with E-state index in [2.05, 4.69) is 26.2 Å². The van der Waals surface area contributed by atoms with E-state index in [-0.39, 0.29) is 12.5 Å². The third kappa shape index (κ3) is 3.53. The van der Waals surface area contributed by atoms with Crippen LogP contribution in [0.3, 0.4) is 0 Å². The molecule has 26 heavy (non-hydrogen) atoms. The van der Waals surface area contributed by atoms with E-state index in [1.807, 2.05) is 48.5 Å². The molecule has 1 aromatic heterocycles. The maximum Gasteiger partial charge on any atom is 0.264 e. The Bertz CT molecular complexity index is 1130. The molecule has 4 rings (SSSR count). The Morgan fingerprint density at radius 2 is 2.04 bits per heavy atom. The lowest BCUT2D eigenvalue weighted by Crippen LogP contribution is -2.20. The summed E-state index contributed by atoms with van der Waals surface area (Å²) in [4.78, 5) is 16.6. The first kappa shape index (κ1) is 17.3. The van der Waals surface area contributed by atoms with E-state index in [0.29, 0.717) is 15.9 Å². The number of carbonyl (C=O) groups excluding carboxylic acids is 1. The van der Waals surface area contributed by atoms with Gasteiger partial charge in [0.1, 0.15) is 5.75 Å². The topological polar surface area (TPSA) is 51.2 Å². The van der Waals surface area contributed by atoms with E-state index >= 15 is 0 Å². The second-order valence-electron chi connectivity index (χ2n) is 5.57. The van der Waals surface area contributed by atoms with Gasteiger partial charge >= 0.3 is 0 Å². The molecule has 4 aromatic rings. The van der Waals surface area contributed by atoms with Crippen LogP contribution in [0, 0.1) is 0 Å². The number of nitrogens with one attached hydrogen (secondary N) is 1. The summed E-state index contributed by atoms with van der Waals surface area (Å²) < 4.78 is 7.42. The molecule has 0 aliphatic rings. The molecule has 0 aliphatic carbocycles. The second kappa shape index (κ2) is 7.23. The smallest absolute Gasteiger partial charge is 0.264 e. The highest BCUT2D eigenvalue weighted by Crippen LogP contribution is 2.33. The Morgan fingerprint density at radius 3 is 2.92 bits per heavy atom. The average molecular weight is 448 g/mol. The average Bonchev–Trinajstić information content (AvgIpc) is 3.02. The van der Waals surface area contributed by atoms with Gasteiger partial charge in [-0.2, -0.15) is 0 Å². The number of thiazole rings is 1. The fraction of sp³-hybridized carbons (Fsp3) is 0.0526. The minimum Gasteiger partial charge on any atom is -0.483 e.